The summed E-state index contributed by atoms with van der Waals surface area (Å²) in [6, 6.07) is 5.88. The first-order valence-electron chi connectivity index (χ1n) is 4.21. The molecule has 0 bridgehead atoms. The van der Waals surface area contributed by atoms with Gasteiger partial charge in [0.05, 0.1) is 7.11 Å². The first-order valence-corrected chi connectivity index (χ1v) is 5.00. The van der Waals surface area contributed by atoms with E-state index in [-0.39, 0.29) is 6.61 Å². The van der Waals surface area contributed by atoms with Crippen molar-refractivity contribution in [2.24, 2.45) is 0 Å². The van der Waals surface area contributed by atoms with Crippen molar-refractivity contribution in [3.8, 4) is 5.75 Å². The Labute approximate surface area is 86.7 Å². The molecule has 0 aliphatic carbocycles. The molecule has 1 aromatic carbocycles. The molecule has 0 fully saturated rings. The summed E-state index contributed by atoms with van der Waals surface area (Å²) >= 11 is 3.46. The zero-order valence-corrected chi connectivity index (χ0v) is 9.17. The molecule has 0 heterocycles. The third-order valence-corrected chi connectivity index (χ3v) is 2.60. The summed E-state index contributed by atoms with van der Waals surface area (Å²) < 4.78 is 6.12. The van der Waals surface area contributed by atoms with Crippen LogP contribution in [0.15, 0.2) is 22.7 Å². The van der Waals surface area contributed by atoms with E-state index in [0.717, 1.165) is 23.1 Å². The first-order chi connectivity index (χ1) is 6.27. The van der Waals surface area contributed by atoms with E-state index in [1.807, 2.05) is 18.2 Å². The van der Waals surface area contributed by atoms with Crippen LogP contribution in [0.1, 0.15) is 12.0 Å². The fourth-order valence-electron chi connectivity index (χ4n) is 1.13. The van der Waals surface area contributed by atoms with Crippen molar-refractivity contribution < 1.29 is 9.84 Å². The second kappa shape index (κ2) is 5.25. The molecule has 0 unspecified atom stereocenters. The number of hydrogen-bond acceptors (Lipinski definition) is 2. The van der Waals surface area contributed by atoms with Gasteiger partial charge in [0, 0.05) is 11.1 Å². The number of aryl methyl sites for hydroxylation is 1. The van der Waals surface area contributed by atoms with E-state index in [9.17, 15) is 0 Å². The summed E-state index contributed by atoms with van der Waals surface area (Å²) in [5.74, 6) is 0.847. The average Bonchev–Trinajstić information content (AvgIpc) is 2.16. The average molecular weight is 245 g/mol. The van der Waals surface area contributed by atoms with Gasteiger partial charge in [0.2, 0.25) is 0 Å². The molecule has 13 heavy (non-hydrogen) atoms. The molecule has 0 radical (unpaired) electrons. The summed E-state index contributed by atoms with van der Waals surface area (Å²) in [6.07, 6.45) is 1.69. The Morgan fingerprint density at radius 2 is 2.23 bits per heavy atom. The number of aliphatic hydroxyl groups excluding tert-OH is 1. The molecule has 0 saturated carbocycles. The number of benzene rings is 1. The molecule has 0 amide bonds. The largest absolute Gasteiger partial charge is 0.497 e. The Balaban J connectivity index is 2.73. The molecule has 2 nitrogen and oxygen atoms in total. The van der Waals surface area contributed by atoms with Crippen molar-refractivity contribution in [1.29, 1.82) is 0 Å². The lowest BCUT2D eigenvalue weighted by Gasteiger charge is -2.05. The number of ether oxygens (including phenoxy) is 1. The normalized spacial score (nSPS) is 10.1. The van der Waals surface area contributed by atoms with Crippen LogP contribution in [0, 0.1) is 0 Å². The summed E-state index contributed by atoms with van der Waals surface area (Å²) in [4.78, 5) is 0. The Hall–Kier alpha value is -0.540. The fraction of sp³-hybridized carbons (Fsp3) is 0.400. The molecule has 0 aliphatic heterocycles. The molecule has 3 heteroatoms. The van der Waals surface area contributed by atoms with Crippen LogP contribution in [0.4, 0.5) is 0 Å². The smallest absolute Gasteiger partial charge is 0.120 e. The lowest BCUT2D eigenvalue weighted by atomic mass is 10.1. The zero-order valence-electron chi connectivity index (χ0n) is 7.59. The highest BCUT2D eigenvalue weighted by Crippen LogP contribution is 2.23. The van der Waals surface area contributed by atoms with Crippen molar-refractivity contribution in [1.82, 2.24) is 0 Å². The van der Waals surface area contributed by atoms with Crippen LogP contribution in [0.25, 0.3) is 0 Å². The maximum Gasteiger partial charge on any atom is 0.120 e. The van der Waals surface area contributed by atoms with E-state index in [0.29, 0.717) is 0 Å². The van der Waals surface area contributed by atoms with Gasteiger partial charge in [-0.1, -0.05) is 22.0 Å². The van der Waals surface area contributed by atoms with Crippen molar-refractivity contribution in [3.05, 3.63) is 28.2 Å². The van der Waals surface area contributed by atoms with Crippen LogP contribution in [0.3, 0.4) is 0 Å². The number of halogens is 1. The number of methoxy groups -OCH3 is 1. The van der Waals surface area contributed by atoms with Crippen molar-refractivity contribution >= 4 is 15.9 Å². The van der Waals surface area contributed by atoms with Gasteiger partial charge in [0.25, 0.3) is 0 Å². The van der Waals surface area contributed by atoms with Crippen LogP contribution in [-0.4, -0.2) is 18.8 Å². The monoisotopic (exact) mass is 244 g/mol. The fourth-order valence-corrected chi connectivity index (χ4v) is 1.68. The van der Waals surface area contributed by atoms with Crippen LogP contribution in [0.2, 0.25) is 0 Å². The first kappa shape index (κ1) is 10.5. The lowest BCUT2D eigenvalue weighted by molar-refractivity contribution is 0.288. The highest BCUT2D eigenvalue weighted by atomic mass is 79.9. The van der Waals surface area contributed by atoms with Crippen LogP contribution < -0.4 is 4.74 Å². The second-order valence-corrected chi connectivity index (χ2v) is 3.64. The van der Waals surface area contributed by atoms with E-state index in [2.05, 4.69) is 15.9 Å². The van der Waals surface area contributed by atoms with Gasteiger partial charge in [-0.05, 0) is 30.5 Å². The second-order valence-electron chi connectivity index (χ2n) is 2.78. The molecule has 0 spiro atoms. The molecule has 1 rings (SSSR count). The molecule has 0 saturated heterocycles. The van der Waals surface area contributed by atoms with Gasteiger partial charge in [-0.15, -0.1) is 0 Å². The molecule has 0 atom stereocenters. The Kier molecular flexibility index (Phi) is 4.25. The Morgan fingerprint density at radius 3 is 2.77 bits per heavy atom. The highest BCUT2D eigenvalue weighted by molar-refractivity contribution is 9.10. The van der Waals surface area contributed by atoms with Crippen LogP contribution in [0.5, 0.6) is 5.75 Å². The van der Waals surface area contributed by atoms with Gasteiger partial charge in [0.1, 0.15) is 5.75 Å². The van der Waals surface area contributed by atoms with Gasteiger partial charge in [-0.2, -0.15) is 0 Å². The van der Waals surface area contributed by atoms with Crippen molar-refractivity contribution in [2.75, 3.05) is 13.7 Å². The van der Waals surface area contributed by atoms with E-state index in [1.165, 1.54) is 5.56 Å². The van der Waals surface area contributed by atoms with Gasteiger partial charge in [-0.3, -0.25) is 0 Å². The van der Waals surface area contributed by atoms with E-state index < -0.39 is 0 Å². The Bertz CT molecular complexity index is 274. The van der Waals surface area contributed by atoms with Crippen LogP contribution >= 0.6 is 15.9 Å². The lowest BCUT2D eigenvalue weighted by Crippen LogP contribution is -1.91. The van der Waals surface area contributed by atoms with Crippen LogP contribution in [-0.2, 0) is 6.42 Å². The summed E-state index contributed by atoms with van der Waals surface area (Å²) in [6.45, 7) is 0.235. The quantitative estimate of drug-likeness (QED) is 0.882. The van der Waals surface area contributed by atoms with Crippen molar-refractivity contribution in [3.63, 3.8) is 0 Å². The summed E-state index contributed by atoms with van der Waals surface area (Å²) in [7, 11) is 1.65. The minimum Gasteiger partial charge on any atom is -0.497 e. The Morgan fingerprint density at radius 1 is 1.46 bits per heavy atom. The van der Waals surface area contributed by atoms with E-state index in [4.69, 9.17) is 9.84 Å². The van der Waals surface area contributed by atoms with Gasteiger partial charge >= 0.3 is 0 Å². The summed E-state index contributed by atoms with van der Waals surface area (Å²) in [5.41, 5.74) is 1.20. The summed E-state index contributed by atoms with van der Waals surface area (Å²) in [5, 5.41) is 8.68. The molecule has 1 N–H and O–H groups in total. The third kappa shape index (κ3) is 3.01. The molecular formula is C10H13BrO2. The zero-order chi connectivity index (χ0) is 9.68. The van der Waals surface area contributed by atoms with Crippen molar-refractivity contribution in [2.45, 2.75) is 12.8 Å². The molecule has 72 valence electrons. The molecule has 1 aromatic rings. The molecular weight excluding hydrogens is 232 g/mol. The predicted octanol–water partition coefficient (Wildman–Crippen LogP) is 2.38. The van der Waals surface area contributed by atoms with Gasteiger partial charge < -0.3 is 9.84 Å². The SMILES string of the molecule is COc1ccc(CCCO)c(Br)c1. The molecule has 0 aliphatic rings. The third-order valence-electron chi connectivity index (χ3n) is 1.86. The van der Waals surface area contributed by atoms with Gasteiger partial charge in [0.15, 0.2) is 0 Å². The maximum absolute atomic E-state index is 8.68. The predicted molar refractivity (Wildman–Crippen MR) is 56.1 cm³/mol. The number of aliphatic hydroxyl groups is 1. The van der Waals surface area contributed by atoms with Gasteiger partial charge in [-0.25, -0.2) is 0 Å². The number of hydrogen-bond donors (Lipinski definition) is 1. The molecule has 0 aromatic heterocycles. The minimum atomic E-state index is 0.235. The number of rotatable bonds is 4. The highest BCUT2D eigenvalue weighted by Gasteiger charge is 2.00. The van der Waals surface area contributed by atoms with E-state index >= 15 is 0 Å². The van der Waals surface area contributed by atoms with E-state index in [1.54, 1.807) is 7.11 Å². The minimum absolute atomic E-state index is 0.235. The maximum atomic E-state index is 8.68. The topological polar surface area (TPSA) is 29.5 Å². The standard InChI is InChI=1S/C10H13BrO2/c1-13-9-5-4-8(3-2-6-12)10(11)7-9/h4-5,7,12H,2-3,6H2,1H3.